The molecule has 2 nitrogen and oxygen atoms in total. The number of benzene rings is 1. The van der Waals surface area contributed by atoms with Crippen molar-refractivity contribution in [1.29, 1.82) is 0 Å². The molecule has 1 aliphatic rings. The molecule has 3 heteroatoms. The van der Waals surface area contributed by atoms with E-state index < -0.39 is 5.97 Å². The lowest BCUT2D eigenvalue weighted by Crippen LogP contribution is -2.03. The summed E-state index contributed by atoms with van der Waals surface area (Å²) in [4.78, 5) is 10.9. The third kappa shape index (κ3) is 1.50. The molecule has 1 aromatic carbocycles. The molecule has 0 aromatic heterocycles. The quantitative estimate of drug-likeness (QED) is 0.785. The predicted molar refractivity (Wildman–Crippen MR) is 50.1 cm³/mol. The Kier molecular flexibility index (Phi) is 2.02. The summed E-state index contributed by atoms with van der Waals surface area (Å²) < 4.78 is 13.2. The number of aryl methyl sites for hydroxylation is 1. The third-order valence-corrected chi connectivity index (χ3v) is 2.58. The SMILES string of the molecule is Cc1cc(C(=O)O)c(C2CC2)cc1F. The van der Waals surface area contributed by atoms with E-state index in [-0.39, 0.29) is 17.3 Å². The van der Waals surface area contributed by atoms with Gasteiger partial charge in [-0.2, -0.15) is 0 Å². The standard InChI is InChI=1S/C11H11FO2/c1-6-4-9(11(13)14)8(5-10(6)12)7-2-3-7/h4-5,7H,2-3H2,1H3,(H,13,14). The summed E-state index contributed by atoms with van der Waals surface area (Å²) in [6, 6.07) is 2.79. The van der Waals surface area contributed by atoms with Crippen molar-refractivity contribution in [3.8, 4) is 0 Å². The number of hydrogen-bond donors (Lipinski definition) is 1. The number of rotatable bonds is 2. The Labute approximate surface area is 81.4 Å². The number of hydrogen-bond acceptors (Lipinski definition) is 1. The van der Waals surface area contributed by atoms with E-state index in [2.05, 4.69) is 0 Å². The Bertz CT molecular complexity index is 395. The second-order valence-electron chi connectivity index (χ2n) is 3.77. The lowest BCUT2D eigenvalue weighted by atomic mass is 10.0. The molecule has 0 spiro atoms. The molecular weight excluding hydrogens is 183 g/mol. The molecule has 1 fully saturated rings. The van der Waals surface area contributed by atoms with Gasteiger partial charge in [0, 0.05) is 0 Å². The van der Waals surface area contributed by atoms with E-state index in [0.29, 0.717) is 11.1 Å². The molecular formula is C11H11FO2. The van der Waals surface area contributed by atoms with Crippen LogP contribution in [0.5, 0.6) is 0 Å². The fourth-order valence-electron chi connectivity index (χ4n) is 1.61. The van der Waals surface area contributed by atoms with E-state index in [1.807, 2.05) is 0 Å². The summed E-state index contributed by atoms with van der Waals surface area (Å²) in [5.41, 5.74) is 1.30. The molecule has 1 aromatic rings. The molecule has 0 amide bonds. The van der Waals surface area contributed by atoms with Gasteiger partial charge in [0.2, 0.25) is 0 Å². The minimum absolute atomic E-state index is 0.256. The van der Waals surface area contributed by atoms with Crippen LogP contribution >= 0.6 is 0 Å². The highest BCUT2D eigenvalue weighted by Gasteiger charge is 2.28. The first-order valence-electron chi connectivity index (χ1n) is 4.63. The van der Waals surface area contributed by atoms with Gasteiger partial charge >= 0.3 is 5.97 Å². The molecule has 1 N–H and O–H groups in total. The molecule has 0 radical (unpaired) electrons. The normalized spacial score (nSPS) is 15.6. The Morgan fingerprint density at radius 3 is 2.64 bits per heavy atom. The van der Waals surface area contributed by atoms with Gasteiger partial charge in [-0.25, -0.2) is 9.18 Å². The molecule has 0 saturated heterocycles. The van der Waals surface area contributed by atoms with E-state index in [0.717, 1.165) is 12.8 Å². The fraction of sp³-hybridized carbons (Fsp3) is 0.364. The molecule has 0 bridgehead atoms. The molecule has 1 aliphatic carbocycles. The average Bonchev–Trinajstić information content (AvgIpc) is 2.91. The summed E-state index contributed by atoms with van der Waals surface area (Å²) >= 11 is 0. The smallest absolute Gasteiger partial charge is 0.335 e. The number of carboxylic acids is 1. The van der Waals surface area contributed by atoms with Gasteiger partial charge in [-0.05, 0) is 48.9 Å². The van der Waals surface area contributed by atoms with Gasteiger partial charge in [0.05, 0.1) is 5.56 Å². The van der Waals surface area contributed by atoms with Gasteiger partial charge < -0.3 is 5.11 Å². The molecule has 0 unspecified atom stereocenters. The number of carboxylic acid groups (broad SMARTS) is 1. The van der Waals surface area contributed by atoms with Gasteiger partial charge in [-0.15, -0.1) is 0 Å². The second kappa shape index (κ2) is 3.08. The van der Waals surface area contributed by atoms with Gasteiger partial charge in [-0.1, -0.05) is 0 Å². The summed E-state index contributed by atoms with van der Waals surface area (Å²) in [5, 5.41) is 8.94. The zero-order chi connectivity index (χ0) is 10.3. The summed E-state index contributed by atoms with van der Waals surface area (Å²) in [6.07, 6.45) is 1.95. The molecule has 14 heavy (non-hydrogen) atoms. The van der Waals surface area contributed by atoms with E-state index in [9.17, 15) is 9.18 Å². The molecule has 0 heterocycles. The van der Waals surface area contributed by atoms with E-state index >= 15 is 0 Å². The average molecular weight is 194 g/mol. The summed E-state index contributed by atoms with van der Waals surface area (Å²) in [6.45, 7) is 1.58. The van der Waals surface area contributed by atoms with Gasteiger partial charge in [0.1, 0.15) is 5.82 Å². The van der Waals surface area contributed by atoms with Crippen LogP contribution in [0.15, 0.2) is 12.1 Å². The van der Waals surface area contributed by atoms with Gasteiger partial charge in [-0.3, -0.25) is 0 Å². The van der Waals surface area contributed by atoms with Crippen molar-refractivity contribution >= 4 is 5.97 Å². The van der Waals surface area contributed by atoms with E-state index in [4.69, 9.17) is 5.11 Å². The van der Waals surface area contributed by atoms with Crippen LogP contribution in [0, 0.1) is 12.7 Å². The molecule has 1 saturated carbocycles. The van der Waals surface area contributed by atoms with Crippen LogP contribution in [0.2, 0.25) is 0 Å². The maximum absolute atomic E-state index is 13.2. The van der Waals surface area contributed by atoms with Gasteiger partial charge in [0.15, 0.2) is 0 Å². The van der Waals surface area contributed by atoms with Crippen LogP contribution in [0.1, 0.15) is 40.2 Å². The second-order valence-corrected chi connectivity index (χ2v) is 3.77. The van der Waals surface area contributed by atoms with E-state index in [1.54, 1.807) is 6.92 Å². The molecule has 74 valence electrons. The molecule has 0 atom stereocenters. The lowest BCUT2D eigenvalue weighted by molar-refractivity contribution is 0.0695. The van der Waals surface area contributed by atoms with Crippen LogP contribution in [0.25, 0.3) is 0 Å². The number of halogens is 1. The van der Waals surface area contributed by atoms with Crippen LogP contribution in [0.4, 0.5) is 4.39 Å². The first-order chi connectivity index (χ1) is 6.59. The highest BCUT2D eigenvalue weighted by atomic mass is 19.1. The van der Waals surface area contributed by atoms with Crippen LogP contribution < -0.4 is 0 Å². The van der Waals surface area contributed by atoms with Crippen molar-refractivity contribution in [2.45, 2.75) is 25.7 Å². The van der Waals surface area contributed by atoms with Crippen molar-refractivity contribution in [1.82, 2.24) is 0 Å². The van der Waals surface area contributed by atoms with Crippen molar-refractivity contribution < 1.29 is 14.3 Å². The largest absolute Gasteiger partial charge is 0.478 e. The van der Waals surface area contributed by atoms with Crippen LogP contribution in [0.3, 0.4) is 0 Å². The van der Waals surface area contributed by atoms with Crippen molar-refractivity contribution in [2.24, 2.45) is 0 Å². The van der Waals surface area contributed by atoms with Crippen molar-refractivity contribution in [2.75, 3.05) is 0 Å². The first kappa shape index (κ1) is 9.19. The molecule has 0 aliphatic heterocycles. The minimum Gasteiger partial charge on any atom is -0.478 e. The van der Waals surface area contributed by atoms with Crippen LogP contribution in [-0.2, 0) is 0 Å². The fourth-order valence-corrected chi connectivity index (χ4v) is 1.61. The van der Waals surface area contributed by atoms with Crippen molar-refractivity contribution in [3.05, 3.63) is 34.6 Å². The summed E-state index contributed by atoms with van der Waals surface area (Å²) in [7, 11) is 0. The Morgan fingerprint density at radius 2 is 2.14 bits per heavy atom. The van der Waals surface area contributed by atoms with Crippen LogP contribution in [-0.4, -0.2) is 11.1 Å². The zero-order valence-corrected chi connectivity index (χ0v) is 7.88. The molecule has 2 rings (SSSR count). The Hall–Kier alpha value is -1.38. The first-order valence-corrected chi connectivity index (χ1v) is 4.63. The predicted octanol–water partition coefficient (Wildman–Crippen LogP) is 2.71. The monoisotopic (exact) mass is 194 g/mol. The highest BCUT2D eigenvalue weighted by Crippen LogP contribution is 2.42. The third-order valence-electron chi connectivity index (χ3n) is 2.58. The summed E-state index contributed by atoms with van der Waals surface area (Å²) in [5.74, 6) is -1.01. The van der Waals surface area contributed by atoms with Gasteiger partial charge in [0.25, 0.3) is 0 Å². The maximum atomic E-state index is 13.2. The van der Waals surface area contributed by atoms with E-state index in [1.165, 1.54) is 12.1 Å². The Balaban J connectivity index is 2.54. The minimum atomic E-state index is -0.963. The highest BCUT2D eigenvalue weighted by molar-refractivity contribution is 5.90. The number of carbonyl (C=O) groups is 1. The van der Waals surface area contributed by atoms with Crippen molar-refractivity contribution in [3.63, 3.8) is 0 Å². The lowest BCUT2D eigenvalue weighted by Gasteiger charge is -2.06. The zero-order valence-electron chi connectivity index (χ0n) is 7.88. The Morgan fingerprint density at radius 1 is 1.50 bits per heavy atom. The maximum Gasteiger partial charge on any atom is 0.335 e. The topological polar surface area (TPSA) is 37.3 Å². The number of aromatic carboxylic acids is 1.